The summed E-state index contributed by atoms with van der Waals surface area (Å²) in [4.78, 5) is 68.0. The van der Waals surface area contributed by atoms with Crippen LogP contribution in [0.3, 0.4) is 0 Å². The van der Waals surface area contributed by atoms with Crippen LogP contribution in [0.15, 0.2) is 158 Å². The second-order valence-corrected chi connectivity index (χ2v) is 9.33. The molecule has 0 aliphatic heterocycles. The van der Waals surface area contributed by atoms with E-state index in [1.807, 2.05) is 30.3 Å². The van der Waals surface area contributed by atoms with Gasteiger partial charge in [0.05, 0.1) is 22.3 Å². The molecular weight excluding hydrogens is 724 g/mol. The van der Waals surface area contributed by atoms with E-state index in [4.69, 9.17) is 55.5 Å². The summed E-state index contributed by atoms with van der Waals surface area (Å²) in [6.07, 6.45) is -0.988. The molecule has 0 amide bonds. The maximum Gasteiger partial charge on any atom is 0.503 e. The first-order chi connectivity index (χ1) is 26.0. The predicted octanol–water partition coefficient (Wildman–Crippen LogP) is 7.77. The Hall–Kier alpha value is -8.27. The molecule has 0 saturated carbocycles. The van der Waals surface area contributed by atoms with Crippen LogP contribution < -0.4 is 0 Å². The first-order valence-electron chi connectivity index (χ1n) is 14.9. The first-order valence-corrected chi connectivity index (χ1v) is 14.9. The van der Waals surface area contributed by atoms with Gasteiger partial charge in [0.25, 0.3) is 0 Å². The molecule has 0 aromatic heterocycles. The van der Waals surface area contributed by atoms with Crippen molar-refractivity contribution in [1.82, 2.24) is 0 Å². The van der Waals surface area contributed by atoms with Gasteiger partial charge in [-0.1, -0.05) is 103 Å². The molecule has 0 fully saturated rings. The van der Waals surface area contributed by atoms with Crippen LogP contribution in [0, 0.1) is 0 Å². The Bertz CT molecular complexity index is 1660. The Morgan fingerprint density at radius 1 is 0.309 bits per heavy atom. The maximum atomic E-state index is 10.2. The van der Waals surface area contributed by atoms with E-state index in [0.717, 1.165) is 11.6 Å². The molecule has 0 spiro atoms. The fourth-order valence-corrected chi connectivity index (χ4v) is 3.05. The van der Waals surface area contributed by atoms with Gasteiger partial charge in [-0.15, -0.1) is 0 Å². The number of benzene rings is 5. The van der Waals surface area contributed by atoms with E-state index in [0.29, 0.717) is 22.3 Å². The molecule has 0 aliphatic carbocycles. The monoisotopic (exact) mass is 760 g/mol. The Labute approximate surface area is 313 Å². The van der Waals surface area contributed by atoms with Crippen LogP contribution in [0.5, 0.6) is 0 Å². The van der Waals surface area contributed by atoms with Crippen molar-refractivity contribution in [2.24, 2.45) is 0 Å². The van der Waals surface area contributed by atoms with Crippen LogP contribution in [-0.2, 0) is 4.79 Å². The average Bonchev–Trinajstić information content (AvgIpc) is 3.16. The highest BCUT2D eigenvalue weighted by Crippen LogP contribution is 2.01. The number of hydrogen-bond donors (Lipinski definition) is 9. The summed E-state index contributed by atoms with van der Waals surface area (Å²) in [5.41, 5.74) is 2.22. The Morgan fingerprint density at radius 2 is 0.491 bits per heavy atom. The molecular formula is C39H36O16. The molecule has 0 aliphatic rings. The third kappa shape index (κ3) is 31.5. The molecule has 0 atom stereocenters. The van der Waals surface area contributed by atoms with Gasteiger partial charge in [-0.2, -0.15) is 0 Å². The molecule has 0 bridgehead atoms. The third-order valence-electron chi connectivity index (χ3n) is 5.30. The molecule has 0 saturated heterocycles. The normalized spacial score (nSPS) is 8.73. The van der Waals surface area contributed by atoms with Gasteiger partial charge >= 0.3 is 42.2 Å². The standard InChI is InChI=1S/C9H8O2.4C7H6O2.2CH2O3/c10-9(11)7-6-8-4-2-1-3-5-8;4*8-7(9)6-4-2-1-3-5-6;2*2-1(3)4/h1-7H,(H,10,11);4*1-5H,(H,8,9);2*(H2,2,3,4)/b7-6+;;;;;;. The van der Waals surface area contributed by atoms with Gasteiger partial charge in [-0.05, 0) is 60.2 Å². The number of carbonyl (C=O) groups is 7. The summed E-state index contributed by atoms with van der Waals surface area (Å²) in [6.45, 7) is 0. The average molecular weight is 761 g/mol. The highest BCUT2D eigenvalue weighted by Gasteiger charge is 1.99. The summed E-state index contributed by atoms with van der Waals surface area (Å²) in [5.74, 6) is -4.44. The Morgan fingerprint density at radius 3 is 0.636 bits per heavy atom. The third-order valence-corrected chi connectivity index (χ3v) is 5.30. The van der Waals surface area contributed by atoms with Crippen LogP contribution in [-0.4, -0.2) is 88.1 Å². The quantitative estimate of drug-likeness (QED) is 0.0746. The van der Waals surface area contributed by atoms with Crippen molar-refractivity contribution < 1.29 is 79.5 Å². The zero-order valence-corrected chi connectivity index (χ0v) is 28.5. The van der Waals surface area contributed by atoms with E-state index in [9.17, 15) is 24.0 Å². The van der Waals surface area contributed by atoms with Gasteiger partial charge in [-0.25, -0.2) is 33.6 Å². The molecule has 5 aromatic carbocycles. The maximum absolute atomic E-state index is 10.2. The van der Waals surface area contributed by atoms with E-state index in [-0.39, 0.29) is 0 Å². The number of hydrogen-bond acceptors (Lipinski definition) is 7. The van der Waals surface area contributed by atoms with Crippen LogP contribution >= 0.6 is 0 Å². The highest BCUT2D eigenvalue weighted by molar-refractivity contribution is 5.88. The van der Waals surface area contributed by atoms with E-state index in [1.165, 1.54) is 0 Å². The van der Waals surface area contributed by atoms with Crippen molar-refractivity contribution in [3.8, 4) is 0 Å². The number of aromatic carboxylic acids is 4. The predicted molar refractivity (Wildman–Crippen MR) is 198 cm³/mol. The van der Waals surface area contributed by atoms with Gasteiger partial charge < -0.3 is 46.0 Å². The van der Waals surface area contributed by atoms with E-state index in [1.54, 1.807) is 127 Å². The van der Waals surface area contributed by atoms with Gasteiger partial charge in [0.1, 0.15) is 0 Å². The molecule has 0 radical (unpaired) electrons. The van der Waals surface area contributed by atoms with E-state index >= 15 is 0 Å². The van der Waals surface area contributed by atoms with Gasteiger partial charge in [0.2, 0.25) is 0 Å². The van der Waals surface area contributed by atoms with Gasteiger partial charge in [0.15, 0.2) is 0 Å². The topological polar surface area (TPSA) is 302 Å². The van der Waals surface area contributed by atoms with Crippen LogP contribution in [0.25, 0.3) is 6.08 Å². The lowest BCUT2D eigenvalue weighted by Gasteiger charge is -1.88. The van der Waals surface area contributed by atoms with E-state index < -0.39 is 42.2 Å². The lowest BCUT2D eigenvalue weighted by molar-refractivity contribution is -0.131. The van der Waals surface area contributed by atoms with Crippen molar-refractivity contribution >= 4 is 48.2 Å². The molecule has 5 aromatic rings. The fraction of sp³-hybridized carbons (Fsp3) is 0. The SMILES string of the molecule is O=C(O)/C=C/c1ccccc1.O=C(O)O.O=C(O)O.O=C(O)c1ccccc1.O=C(O)c1ccccc1.O=C(O)c1ccccc1.O=C(O)c1ccccc1. The van der Waals surface area contributed by atoms with Gasteiger partial charge in [0, 0.05) is 6.08 Å². The van der Waals surface area contributed by atoms with Crippen LogP contribution in [0.4, 0.5) is 9.59 Å². The van der Waals surface area contributed by atoms with Crippen LogP contribution in [0.1, 0.15) is 47.0 Å². The number of rotatable bonds is 6. The largest absolute Gasteiger partial charge is 0.503 e. The molecule has 288 valence electrons. The molecule has 16 heteroatoms. The summed E-state index contributed by atoms with van der Waals surface area (Å²) >= 11 is 0. The van der Waals surface area contributed by atoms with Crippen molar-refractivity contribution in [3.05, 3.63) is 186 Å². The summed E-state index contributed by atoms with van der Waals surface area (Å²) < 4.78 is 0. The van der Waals surface area contributed by atoms with Gasteiger partial charge in [-0.3, -0.25) is 0 Å². The smallest absolute Gasteiger partial charge is 0.478 e. The number of carboxylic acid groups (broad SMARTS) is 9. The minimum atomic E-state index is -1.83. The summed E-state index contributed by atoms with van der Waals surface area (Å²) in [6, 6.07) is 42.5. The van der Waals surface area contributed by atoms with Crippen molar-refractivity contribution in [2.75, 3.05) is 0 Å². The molecule has 55 heavy (non-hydrogen) atoms. The van der Waals surface area contributed by atoms with Crippen LogP contribution in [0.2, 0.25) is 0 Å². The summed E-state index contributed by atoms with van der Waals surface area (Å²) in [5, 5.41) is 69.7. The number of carboxylic acids is 5. The van der Waals surface area contributed by atoms with Crippen molar-refractivity contribution in [1.29, 1.82) is 0 Å². The molecule has 0 unspecified atom stereocenters. The number of aliphatic carboxylic acids is 1. The summed E-state index contributed by atoms with van der Waals surface area (Å²) in [7, 11) is 0. The van der Waals surface area contributed by atoms with Crippen molar-refractivity contribution in [2.45, 2.75) is 0 Å². The van der Waals surface area contributed by atoms with E-state index in [2.05, 4.69) is 0 Å². The molecule has 16 nitrogen and oxygen atoms in total. The second-order valence-electron chi connectivity index (χ2n) is 9.33. The second kappa shape index (κ2) is 30.5. The zero-order valence-electron chi connectivity index (χ0n) is 28.5. The Balaban J connectivity index is 0. The minimum absolute atomic E-state index is 0.331. The van der Waals surface area contributed by atoms with Crippen molar-refractivity contribution in [3.63, 3.8) is 0 Å². The Kier molecular flexibility index (Phi) is 27.1. The fourth-order valence-electron chi connectivity index (χ4n) is 3.05. The molecule has 9 N–H and O–H groups in total. The lowest BCUT2D eigenvalue weighted by atomic mass is 10.2. The molecule has 5 rings (SSSR count). The molecule has 0 heterocycles. The highest BCUT2D eigenvalue weighted by atomic mass is 16.6. The minimum Gasteiger partial charge on any atom is -0.478 e. The zero-order chi connectivity index (χ0) is 42.0. The lowest BCUT2D eigenvalue weighted by Crippen LogP contribution is -1.93. The first kappa shape index (κ1) is 48.8.